The van der Waals surface area contributed by atoms with Gasteiger partial charge >= 0.3 is 0 Å². The van der Waals surface area contributed by atoms with E-state index in [0.29, 0.717) is 6.42 Å². The lowest BCUT2D eigenvalue weighted by molar-refractivity contribution is -0.144. The van der Waals surface area contributed by atoms with Gasteiger partial charge in [-0.1, -0.05) is 93.6 Å². The van der Waals surface area contributed by atoms with Crippen molar-refractivity contribution in [3.05, 3.63) is 95.6 Å². The van der Waals surface area contributed by atoms with Crippen LogP contribution in [0.3, 0.4) is 0 Å². The summed E-state index contributed by atoms with van der Waals surface area (Å²) in [5.41, 5.74) is 3.41. The zero-order valence-corrected chi connectivity index (χ0v) is 18.0. The van der Waals surface area contributed by atoms with Crippen LogP contribution in [0.2, 0.25) is 0 Å². The van der Waals surface area contributed by atoms with Crippen molar-refractivity contribution >= 4 is 19.4 Å². The summed E-state index contributed by atoms with van der Waals surface area (Å²) >= 11 is 0. The smallest absolute Gasteiger partial charge is 0.244 e. The molecule has 2 nitrogen and oxygen atoms in total. The lowest BCUT2D eigenvalue weighted by atomic mass is 9.85. The van der Waals surface area contributed by atoms with E-state index in [0.717, 1.165) is 12.0 Å². The van der Waals surface area contributed by atoms with E-state index in [9.17, 15) is 5.11 Å². The zero-order chi connectivity index (χ0) is 19.8. The van der Waals surface area contributed by atoms with Crippen molar-refractivity contribution in [3.8, 4) is 0 Å². The van der Waals surface area contributed by atoms with Gasteiger partial charge in [0, 0.05) is 12.0 Å². The maximum absolute atomic E-state index is 11.6. The fourth-order valence-electron chi connectivity index (χ4n) is 3.96. The van der Waals surface area contributed by atoms with E-state index in [1.165, 1.54) is 21.5 Å². The van der Waals surface area contributed by atoms with Crippen LogP contribution in [0.25, 0.3) is 0 Å². The molecule has 0 saturated heterocycles. The summed E-state index contributed by atoms with van der Waals surface area (Å²) in [6.07, 6.45) is 1.46. The average molecular weight is 389 g/mol. The number of hydrogen-bond acceptors (Lipinski definition) is 2. The van der Waals surface area contributed by atoms with E-state index in [-0.39, 0.29) is 5.41 Å². The van der Waals surface area contributed by atoms with Crippen LogP contribution in [0.1, 0.15) is 43.9 Å². The first-order chi connectivity index (χ1) is 13.4. The number of fused-ring (bicyclic) bond motifs is 1. The van der Waals surface area contributed by atoms with Crippen LogP contribution >= 0.6 is 0 Å². The average Bonchev–Trinajstić information content (AvgIpc) is 3.03. The highest BCUT2D eigenvalue weighted by Crippen LogP contribution is 2.40. The number of rotatable bonds is 4. The van der Waals surface area contributed by atoms with Crippen LogP contribution in [0.4, 0.5) is 0 Å². The molecule has 3 heteroatoms. The highest BCUT2D eigenvalue weighted by Gasteiger charge is 2.41. The van der Waals surface area contributed by atoms with Gasteiger partial charge in [0.2, 0.25) is 9.04 Å². The molecular formula is C25H28O2Si. The Bertz CT molecular complexity index is 908. The fraction of sp³-hybridized carbons (Fsp3) is 0.280. The number of hydrogen-bond donors (Lipinski definition) is 1. The molecule has 0 aromatic heterocycles. The standard InChI is InChI=1S/C25H28O2Si/c1-24(2,3)20-15-14-19-16-17-25(26,23(19)18-20)27-28(21-10-6-4-7-11-21)22-12-8-5-9-13-22/h4-15,18,26,28H,16-17H2,1-3H3. The molecular weight excluding hydrogens is 360 g/mol. The van der Waals surface area contributed by atoms with Crippen LogP contribution in [0.5, 0.6) is 0 Å². The SMILES string of the molecule is CC(C)(C)c1ccc2c(c1)C(O)(O[SiH](c1ccccc1)c1ccccc1)CC2. The van der Waals surface area contributed by atoms with Gasteiger partial charge in [-0.05, 0) is 39.4 Å². The predicted molar refractivity (Wildman–Crippen MR) is 118 cm³/mol. The summed E-state index contributed by atoms with van der Waals surface area (Å²) in [5, 5.41) is 14.0. The highest BCUT2D eigenvalue weighted by atomic mass is 28.3. The minimum Gasteiger partial charge on any atom is -0.381 e. The van der Waals surface area contributed by atoms with Crippen LogP contribution < -0.4 is 10.4 Å². The molecule has 1 atom stereocenters. The van der Waals surface area contributed by atoms with Gasteiger partial charge in [0.15, 0.2) is 5.79 Å². The summed E-state index contributed by atoms with van der Waals surface area (Å²) in [5.74, 6) is -1.22. The van der Waals surface area contributed by atoms with Crippen molar-refractivity contribution in [1.29, 1.82) is 0 Å². The first kappa shape index (κ1) is 19.1. The third-order valence-electron chi connectivity index (χ3n) is 5.65. The van der Waals surface area contributed by atoms with E-state index in [4.69, 9.17) is 4.43 Å². The molecule has 1 N–H and O–H groups in total. The van der Waals surface area contributed by atoms with Crippen molar-refractivity contribution in [2.45, 2.75) is 44.8 Å². The van der Waals surface area contributed by atoms with Crippen molar-refractivity contribution in [1.82, 2.24) is 0 Å². The third-order valence-corrected chi connectivity index (χ3v) is 8.25. The summed E-state index contributed by atoms with van der Waals surface area (Å²) < 4.78 is 6.66. The van der Waals surface area contributed by atoms with E-state index >= 15 is 0 Å². The first-order valence-corrected chi connectivity index (χ1v) is 11.6. The lowest BCUT2D eigenvalue weighted by Gasteiger charge is -2.31. The van der Waals surface area contributed by atoms with Crippen molar-refractivity contribution in [2.24, 2.45) is 0 Å². The largest absolute Gasteiger partial charge is 0.381 e. The molecule has 0 radical (unpaired) electrons. The quantitative estimate of drug-likeness (QED) is 0.546. The van der Waals surface area contributed by atoms with Gasteiger partial charge in [0.05, 0.1) is 0 Å². The monoisotopic (exact) mass is 388 g/mol. The van der Waals surface area contributed by atoms with Crippen molar-refractivity contribution < 1.29 is 9.53 Å². The minimum atomic E-state index is -2.04. The molecule has 0 bridgehead atoms. The summed E-state index contributed by atoms with van der Waals surface area (Å²) in [7, 11) is -2.04. The second-order valence-electron chi connectivity index (χ2n) is 8.73. The Morgan fingerprint density at radius 1 is 0.857 bits per heavy atom. The van der Waals surface area contributed by atoms with Crippen molar-refractivity contribution in [3.63, 3.8) is 0 Å². The molecule has 1 unspecified atom stereocenters. The molecule has 0 heterocycles. The maximum Gasteiger partial charge on any atom is 0.244 e. The van der Waals surface area contributed by atoms with Gasteiger partial charge in [0.1, 0.15) is 0 Å². The number of aliphatic hydroxyl groups is 1. The Morgan fingerprint density at radius 2 is 1.43 bits per heavy atom. The van der Waals surface area contributed by atoms with Gasteiger partial charge < -0.3 is 9.53 Å². The Hall–Kier alpha value is -2.20. The molecule has 0 fully saturated rings. The second kappa shape index (κ2) is 7.32. The molecule has 1 aliphatic carbocycles. The normalized spacial score (nSPS) is 19.0. The van der Waals surface area contributed by atoms with Gasteiger partial charge in [-0.2, -0.15) is 0 Å². The molecule has 0 saturated carbocycles. The minimum absolute atomic E-state index is 0.0359. The van der Waals surface area contributed by atoms with Crippen LogP contribution in [-0.2, 0) is 22.0 Å². The molecule has 3 aromatic rings. The van der Waals surface area contributed by atoms with E-state index in [1.54, 1.807) is 0 Å². The van der Waals surface area contributed by atoms with Crippen LogP contribution in [-0.4, -0.2) is 14.1 Å². The molecule has 0 spiro atoms. The van der Waals surface area contributed by atoms with E-state index in [1.807, 2.05) is 36.4 Å². The number of benzene rings is 3. The molecule has 4 rings (SSSR count). The van der Waals surface area contributed by atoms with E-state index < -0.39 is 14.8 Å². The van der Waals surface area contributed by atoms with Crippen LogP contribution in [0.15, 0.2) is 78.9 Å². The Labute approximate surface area is 169 Å². The Balaban J connectivity index is 1.75. The zero-order valence-electron chi connectivity index (χ0n) is 16.9. The summed E-state index contributed by atoms with van der Waals surface area (Å²) in [6.45, 7) is 6.61. The molecule has 3 aromatic carbocycles. The Kier molecular flexibility index (Phi) is 5.00. The molecule has 0 aliphatic heterocycles. The fourth-order valence-corrected chi connectivity index (χ4v) is 6.40. The Morgan fingerprint density at radius 3 is 1.96 bits per heavy atom. The van der Waals surface area contributed by atoms with E-state index in [2.05, 4.69) is 63.2 Å². The summed E-state index contributed by atoms with van der Waals surface area (Å²) in [6, 6.07) is 27.2. The third kappa shape index (κ3) is 3.70. The molecule has 1 aliphatic rings. The van der Waals surface area contributed by atoms with Crippen LogP contribution in [0, 0.1) is 0 Å². The maximum atomic E-state index is 11.6. The predicted octanol–water partition coefficient (Wildman–Crippen LogP) is 3.63. The first-order valence-electron chi connectivity index (χ1n) is 10.0. The topological polar surface area (TPSA) is 29.5 Å². The molecule has 0 amide bonds. The second-order valence-corrected chi connectivity index (χ2v) is 11.1. The lowest BCUT2D eigenvalue weighted by Crippen LogP contribution is -2.50. The number of aryl methyl sites for hydroxylation is 1. The van der Waals surface area contributed by atoms with Gasteiger partial charge in [-0.25, -0.2) is 0 Å². The van der Waals surface area contributed by atoms with Gasteiger partial charge in [-0.3, -0.25) is 0 Å². The van der Waals surface area contributed by atoms with Gasteiger partial charge in [0.25, 0.3) is 0 Å². The van der Waals surface area contributed by atoms with Crippen molar-refractivity contribution in [2.75, 3.05) is 0 Å². The van der Waals surface area contributed by atoms with Gasteiger partial charge in [-0.15, -0.1) is 0 Å². The summed E-state index contributed by atoms with van der Waals surface area (Å²) in [4.78, 5) is 0. The molecule has 28 heavy (non-hydrogen) atoms. The highest BCUT2D eigenvalue weighted by molar-refractivity contribution is 6.80. The molecule has 144 valence electrons.